The first-order valence-corrected chi connectivity index (χ1v) is 11.2. The zero-order chi connectivity index (χ0) is 24.1. The predicted octanol–water partition coefficient (Wildman–Crippen LogP) is 3.18. The third-order valence-corrected chi connectivity index (χ3v) is 5.83. The van der Waals surface area contributed by atoms with Crippen molar-refractivity contribution in [2.45, 2.75) is 45.8 Å². The molecule has 0 aliphatic heterocycles. The zero-order valence-corrected chi connectivity index (χ0v) is 19.7. The quantitative estimate of drug-likeness (QED) is 0.398. The highest BCUT2D eigenvalue weighted by Crippen LogP contribution is 2.28. The highest BCUT2D eigenvalue weighted by molar-refractivity contribution is 6.08. The van der Waals surface area contributed by atoms with Gasteiger partial charge in [0.25, 0.3) is 0 Å². The summed E-state index contributed by atoms with van der Waals surface area (Å²) in [6.07, 6.45) is 0. The van der Waals surface area contributed by atoms with Crippen molar-refractivity contribution in [3.63, 3.8) is 0 Å². The van der Waals surface area contributed by atoms with Gasteiger partial charge in [0, 0.05) is 11.1 Å². The Morgan fingerprint density at radius 2 is 1.33 bits per heavy atom. The molecule has 3 aromatic rings. The van der Waals surface area contributed by atoms with Crippen LogP contribution in [0.1, 0.15) is 27.7 Å². The number of anilines is 1. The van der Waals surface area contributed by atoms with Crippen LogP contribution in [0.25, 0.3) is 21.5 Å². The van der Waals surface area contributed by atoms with Crippen molar-refractivity contribution in [1.82, 2.24) is 16.0 Å². The summed E-state index contributed by atoms with van der Waals surface area (Å²) in [5.41, 5.74) is 0.681. The SMILES string of the molecule is CN[C@@H](C)C(=O)N[C@H](C(=O)N[C@@H](C)C(=O)Nc1cccc2cc3ccccc3cc12)C(C)C. The van der Waals surface area contributed by atoms with Gasteiger partial charge in [0.1, 0.15) is 12.1 Å². The number of carbonyl (C=O) groups excluding carboxylic acids is 3. The summed E-state index contributed by atoms with van der Waals surface area (Å²) in [4.78, 5) is 38.0. The van der Waals surface area contributed by atoms with Gasteiger partial charge < -0.3 is 21.3 Å². The summed E-state index contributed by atoms with van der Waals surface area (Å²) < 4.78 is 0. The van der Waals surface area contributed by atoms with Gasteiger partial charge in [-0.15, -0.1) is 0 Å². The molecule has 3 amide bonds. The van der Waals surface area contributed by atoms with E-state index in [0.717, 1.165) is 21.5 Å². The van der Waals surface area contributed by atoms with E-state index in [2.05, 4.69) is 39.5 Å². The molecule has 0 spiro atoms. The van der Waals surface area contributed by atoms with Crippen LogP contribution in [0.2, 0.25) is 0 Å². The molecule has 0 aliphatic rings. The van der Waals surface area contributed by atoms with Crippen molar-refractivity contribution in [1.29, 1.82) is 0 Å². The van der Waals surface area contributed by atoms with E-state index in [1.165, 1.54) is 0 Å². The number of fused-ring (bicyclic) bond motifs is 2. The topological polar surface area (TPSA) is 99.3 Å². The van der Waals surface area contributed by atoms with Crippen molar-refractivity contribution in [3.8, 4) is 0 Å². The molecule has 0 heterocycles. The Kier molecular flexibility index (Phi) is 7.66. The predicted molar refractivity (Wildman–Crippen MR) is 133 cm³/mol. The molecular weight excluding hydrogens is 416 g/mol. The Labute approximate surface area is 194 Å². The molecule has 0 aromatic heterocycles. The fourth-order valence-electron chi connectivity index (χ4n) is 3.63. The third kappa shape index (κ3) is 5.68. The molecule has 33 heavy (non-hydrogen) atoms. The summed E-state index contributed by atoms with van der Waals surface area (Å²) >= 11 is 0. The Balaban J connectivity index is 1.73. The minimum absolute atomic E-state index is 0.139. The maximum atomic E-state index is 12.9. The molecule has 0 aliphatic carbocycles. The number of hydrogen-bond acceptors (Lipinski definition) is 4. The fourth-order valence-corrected chi connectivity index (χ4v) is 3.63. The lowest BCUT2D eigenvalue weighted by Crippen LogP contribution is -2.56. The van der Waals surface area contributed by atoms with Crippen LogP contribution >= 0.6 is 0 Å². The number of hydrogen-bond donors (Lipinski definition) is 4. The summed E-state index contributed by atoms with van der Waals surface area (Å²) in [6, 6.07) is 16.0. The maximum Gasteiger partial charge on any atom is 0.246 e. The average molecular weight is 449 g/mol. The van der Waals surface area contributed by atoms with E-state index in [1.807, 2.05) is 50.2 Å². The third-order valence-electron chi connectivity index (χ3n) is 5.83. The lowest BCUT2D eigenvalue weighted by molar-refractivity contribution is -0.132. The van der Waals surface area contributed by atoms with Gasteiger partial charge in [0.2, 0.25) is 17.7 Å². The van der Waals surface area contributed by atoms with Gasteiger partial charge in [-0.25, -0.2) is 0 Å². The smallest absolute Gasteiger partial charge is 0.246 e. The van der Waals surface area contributed by atoms with Crippen LogP contribution in [-0.2, 0) is 14.4 Å². The van der Waals surface area contributed by atoms with Crippen LogP contribution in [0.15, 0.2) is 54.6 Å². The molecule has 0 saturated carbocycles. The molecule has 0 bridgehead atoms. The van der Waals surface area contributed by atoms with Crippen LogP contribution in [0.3, 0.4) is 0 Å². The van der Waals surface area contributed by atoms with E-state index in [-0.39, 0.29) is 17.7 Å². The van der Waals surface area contributed by atoms with E-state index < -0.39 is 24.0 Å². The van der Waals surface area contributed by atoms with E-state index in [0.29, 0.717) is 5.69 Å². The largest absolute Gasteiger partial charge is 0.343 e. The molecule has 0 radical (unpaired) electrons. The number of rotatable bonds is 8. The minimum atomic E-state index is -0.784. The Morgan fingerprint density at radius 3 is 1.97 bits per heavy atom. The van der Waals surface area contributed by atoms with E-state index in [1.54, 1.807) is 20.9 Å². The van der Waals surface area contributed by atoms with Crippen molar-refractivity contribution in [2.75, 3.05) is 12.4 Å². The molecule has 3 atom stereocenters. The summed E-state index contributed by atoms with van der Waals surface area (Å²) in [5, 5.41) is 15.4. The molecule has 0 fully saturated rings. The molecule has 7 heteroatoms. The molecule has 0 unspecified atom stereocenters. The van der Waals surface area contributed by atoms with Crippen LogP contribution in [0, 0.1) is 5.92 Å². The first-order chi connectivity index (χ1) is 15.7. The van der Waals surface area contributed by atoms with Crippen molar-refractivity contribution in [3.05, 3.63) is 54.6 Å². The summed E-state index contributed by atoms with van der Waals surface area (Å²) in [7, 11) is 1.68. The fraction of sp³-hybridized carbons (Fsp3) is 0.346. The Hall–Kier alpha value is -3.45. The van der Waals surface area contributed by atoms with Crippen LogP contribution < -0.4 is 21.3 Å². The van der Waals surface area contributed by atoms with Gasteiger partial charge in [-0.05, 0) is 61.2 Å². The second-order valence-corrected chi connectivity index (χ2v) is 8.69. The van der Waals surface area contributed by atoms with Crippen LogP contribution in [0.4, 0.5) is 5.69 Å². The van der Waals surface area contributed by atoms with Crippen molar-refractivity contribution >= 4 is 45.0 Å². The van der Waals surface area contributed by atoms with E-state index in [4.69, 9.17) is 0 Å². The molecule has 174 valence electrons. The maximum absolute atomic E-state index is 12.9. The second-order valence-electron chi connectivity index (χ2n) is 8.69. The van der Waals surface area contributed by atoms with Gasteiger partial charge >= 0.3 is 0 Å². The first-order valence-electron chi connectivity index (χ1n) is 11.2. The van der Waals surface area contributed by atoms with Crippen LogP contribution in [-0.4, -0.2) is 42.9 Å². The number of amides is 3. The number of benzene rings is 3. The molecule has 3 aromatic carbocycles. The average Bonchev–Trinajstić information content (AvgIpc) is 2.80. The summed E-state index contributed by atoms with van der Waals surface area (Å²) in [5.74, 6) is -1.14. The number of carbonyl (C=O) groups is 3. The molecule has 0 saturated heterocycles. The standard InChI is InChI=1S/C26H32N4O3/c1-15(2)23(30-24(31)16(3)27-5)26(33)28-17(4)25(32)29-22-12-8-11-20-13-18-9-6-7-10-19(18)14-21(20)22/h6-17,23,27H,1-5H3,(H,28,33)(H,29,32)(H,30,31)/t16-,17-,23-/m0/s1. The summed E-state index contributed by atoms with van der Waals surface area (Å²) in [6.45, 7) is 7.04. The normalized spacial score (nSPS) is 14.0. The lowest BCUT2D eigenvalue weighted by atomic mass is 10.0. The van der Waals surface area contributed by atoms with Crippen LogP contribution in [0.5, 0.6) is 0 Å². The molecule has 3 rings (SSSR count). The van der Waals surface area contributed by atoms with Gasteiger partial charge in [0.05, 0.1) is 6.04 Å². The molecule has 7 nitrogen and oxygen atoms in total. The van der Waals surface area contributed by atoms with Crippen molar-refractivity contribution in [2.24, 2.45) is 5.92 Å². The first kappa shape index (κ1) is 24.2. The van der Waals surface area contributed by atoms with Gasteiger partial charge in [-0.1, -0.05) is 50.2 Å². The monoisotopic (exact) mass is 448 g/mol. The molecule has 4 N–H and O–H groups in total. The zero-order valence-electron chi connectivity index (χ0n) is 19.7. The van der Waals surface area contributed by atoms with E-state index >= 15 is 0 Å². The highest BCUT2D eigenvalue weighted by Gasteiger charge is 2.28. The van der Waals surface area contributed by atoms with Gasteiger partial charge in [-0.3, -0.25) is 14.4 Å². The lowest BCUT2D eigenvalue weighted by Gasteiger charge is -2.25. The van der Waals surface area contributed by atoms with Crippen molar-refractivity contribution < 1.29 is 14.4 Å². The van der Waals surface area contributed by atoms with Gasteiger partial charge in [-0.2, -0.15) is 0 Å². The van der Waals surface area contributed by atoms with E-state index in [9.17, 15) is 14.4 Å². The number of nitrogens with one attached hydrogen (secondary N) is 4. The number of likely N-dealkylation sites (N-methyl/N-ethyl adjacent to an activating group) is 1. The van der Waals surface area contributed by atoms with Gasteiger partial charge in [0.15, 0.2) is 0 Å². The Morgan fingerprint density at radius 1 is 0.697 bits per heavy atom. The minimum Gasteiger partial charge on any atom is -0.343 e. The highest BCUT2D eigenvalue weighted by atomic mass is 16.2. The Bertz CT molecular complexity index is 1170. The second kappa shape index (κ2) is 10.4. The molecular formula is C26H32N4O3.